The van der Waals surface area contributed by atoms with Crippen LogP contribution in [0, 0.1) is 0 Å². The highest BCUT2D eigenvalue weighted by Gasteiger charge is 2.24. The quantitative estimate of drug-likeness (QED) is 0.420. The van der Waals surface area contributed by atoms with Crippen LogP contribution >= 0.6 is 11.3 Å². The van der Waals surface area contributed by atoms with E-state index in [0.29, 0.717) is 21.1 Å². The van der Waals surface area contributed by atoms with Crippen LogP contribution in [0.4, 0.5) is 0 Å². The van der Waals surface area contributed by atoms with Crippen LogP contribution in [-0.2, 0) is 4.79 Å². The minimum Gasteiger partial charge on any atom is -0.425 e. The zero-order chi connectivity index (χ0) is 15.9. The van der Waals surface area contributed by atoms with Crippen LogP contribution in [0.1, 0.15) is 30.6 Å². The lowest BCUT2D eigenvalue weighted by molar-refractivity contribution is -0.131. The molecule has 6 heteroatoms. The Balaban J connectivity index is 2.56. The van der Waals surface area contributed by atoms with E-state index in [-0.39, 0.29) is 23.5 Å². The van der Waals surface area contributed by atoms with Gasteiger partial charge in [0.15, 0.2) is 17.1 Å². The summed E-state index contributed by atoms with van der Waals surface area (Å²) >= 11 is 0.844. The third-order valence-corrected chi connectivity index (χ3v) is 4.14. The van der Waals surface area contributed by atoms with Gasteiger partial charge in [-0.05, 0) is 0 Å². The molecule has 0 aliphatic carbocycles. The van der Waals surface area contributed by atoms with Gasteiger partial charge in [0.1, 0.15) is 0 Å². The molecule has 3 aromatic rings. The molecule has 112 valence electrons. The first-order valence-electron chi connectivity index (χ1n) is 6.73. The van der Waals surface area contributed by atoms with Crippen LogP contribution in [0.3, 0.4) is 0 Å². The Hall–Kier alpha value is -2.47. The molecular weight excluding hydrogens is 304 g/mol. The largest absolute Gasteiger partial charge is 0.425 e. The van der Waals surface area contributed by atoms with E-state index in [2.05, 4.69) is 0 Å². The number of ether oxygens (including phenoxy) is 1. The number of Topliss-reactive ketones (excluding diaryl/α,β-unsaturated/α-hetero) is 1. The number of rotatable bonds is 3. The molecule has 5 nitrogen and oxygen atoms in total. The topological polar surface area (TPSA) is 73.6 Å². The van der Waals surface area contributed by atoms with Crippen molar-refractivity contribution in [2.75, 3.05) is 0 Å². The number of esters is 1. The van der Waals surface area contributed by atoms with Crippen molar-refractivity contribution in [1.29, 1.82) is 0 Å². The lowest BCUT2D eigenvalue weighted by Gasteiger charge is -2.12. The highest BCUT2D eigenvalue weighted by Crippen LogP contribution is 2.40. The molecule has 1 aromatic heterocycles. The Labute approximate surface area is 129 Å². The summed E-state index contributed by atoms with van der Waals surface area (Å²) in [5.41, 5.74) is 0.598. The minimum absolute atomic E-state index is 0.194. The summed E-state index contributed by atoms with van der Waals surface area (Å²) in [6, 6.07) is 7.06. The maximum absolute atomic E-state index is 12.4. The summed E-state index contributed by atoms with van der Waals surface area (Å²) in [6.07, 6.45) is 0.230. The Morgan fingerprint density at radius 3 is 2.55 bits per heavy atom. The van der Waals surface area contributed by atoms with Crippen molar-refractivity contribution in [1.82, 2.24) is 0 Å². The molecule has 0 bridgehead atoms. The van der Waals surface area contributed by atoms with Crippen molar-refractivity contribution < 1.29 is 18.7 Å². The number of benzene rings is 2. The lowest BCUT2D eigenvalue weighted by Crippen LogP contribution is -2.08. The molecule has 0 spiro atoms. The first-order valence-corrected chi connectivity index (χ1v) is 7.54. The standard InChI is InChI=1S/C16H12O5S/c1-3-11(18)12-13(20-8(2)17)9-6-4-5-7-10(9)14-15(12)22-16(19)21-14/h4-7H,3H2,1-2H3. The summed E-state index contributed by atoms with van der Waals surface area (Å²) in [5, 5.41) is 1.21. The molecule has 0 aliphatic rings. The van der Waals surface area contributed by atoms with E-state index in [1.165, 1.54) is 6.92 Å². The maximum Gasteiger partial charge on any atom is 0.396 e. The molecule has 0 atom stereocenters. The molecule has 0 radical (unpaired) electrons. The van der Waals surface area contributed by atoms with Gasteiger partial charge in [-0.3, -0.25) is 9.59 Å². The predicted molar refractivity (Wildman–Crippen MR) is 83.8 cm³/mol. The SMILES string of the molecule is CCC(=O)c1c(OC(C)=O)c2ccccc2c2oc(=O)sc12. The molecule has 0 aliphatic heterocycles. The fraction of sp³-hybridized carbons (Fsp3) is 0.188. The average molecular weight is 316 g/mol. The zero-order valence-corrected chi connectivity index (χ0v) is 12.8. The number of hydrogen-bond acceptors (Lipinski definition) is 6. The number of ketones is 1. The lowest BCUT2D eigenvalue weighted by atomic mass is 10.0. The van der Waals surface area contributed by atoms with Crippen LogP contribution in [-0.4, -0.2) is 11.8 Å². The van der Waals surface area contributed by atoms with Gasteiger partial charge in [-0.2, -0.15) is 0 Å². The third kappa shape index (κ3) is 2.21. The van der Waals surface area contributed by atoms with Crippen LogP contribution in [0.25, 0.3) is 21.1 Å². The van der Waals surface area contributed by atoms with Crippen molar-refractivity contribution in [2.45, 2.75) is 20.3 Å². The second-order valence-corrected chi connectivity index (χ2v) is 5.68. The van der Waals surface area contributed by atoms with Gasteiger partial charge >= 0.3 is 10.9 Å². The Bertz CT molecular complexity index is 964. The van der Waals surface area contributed by atoms with E-state index in [9.17, 15) is 14.4 Å². The zero-order valence-electron chi connectivity index (χ0n) is 12.0. The number of hydrogen-bond donors (Lipinski definition) is 0. The van der Waals surface area contributed by atoms with Gasteiger partial charge in [0, 0.05) is 24.1 Å². The van der Waals surface area contributed by atoms with E-state index in [0.717, 1.165) is 11.3 Å². The van der Waals surface area contributed by atoms with Crippen molar-refractivity contribution in [3.8, 4) is 5.75 Å². The van der Waals surface area contributed by atoms with Gasteiger partial charge in [-0.1, -0.05) is 42.5 Å². The summed E-state index contributed by atoms with van der Waals surface area (Å²) in [5.74, 6) is -0.533. The molecule has 0 fully saturated rings. The van der Waals surface area contributed by atoms with Crippen molar-refractivity contribution >= 4 is 44.1 Å². The van der Waals surface area contributed by atoms with Crippen molar-refractivity contribution in [2.24, 2.45) is 0 Å². The first kappa shape index (κ1) is 14.5. The van der Waals surface area contributed by atoms with Crippen LogP contribution in [0.2, 0.25) is 0 Å². The van der Waals surface area contributed by atoms with Crippen LogP contribution in [0.15, 0.2) is 33.5 Å². The summed E-state index contributed by atoms with van der Waals surface area (Å²) < 4.78 is 11.0. The summed E-state index contributed by atoms with van der Waals surface area (Å²) in [6.45, 7) is 2.99. The van der Waals surface area contributed by atoms with E-state index in [1.807, 2.05) is 0 Å². The number of fused-ring (bicyclic) bond motifs is 3. The summed E-state index contributed by atoms with van der Waals surface area (Å²) in [7, 11) is 0. The normalized spacial score (nSPS) is 11.0. The molecule has 3 rings (SSSR count). The fourth-order valence-electron chi connectivity index (χ4n) is 2.42. The Kier molecular flexibility index (Phi) is 3.54. The molecule has 0 amide bonds. The van der Waals surface area contributed by atoms with Gasteiger partial charge in [-0.25, -0.2) is 4.79 Å². The average Bonchev–Trinajstić information content (AvgIpc) is 2.87. The molecule has 22 heavy (non-hydrogen) atoms. The van der Waals surface area contributed by atoms with Crippen molar-refractivity contribution in [3.05, 3.63) is 39.6 Å². The van der Waals surface area contributed by atoms with E-state index < -0.39 is 10.9 Å². The highest BCUT2D eigenvalue weighted by atomic mass is 32.1. The predicted octanol–water partition coefficient (Wildman–Crippen LogP) is 3.53. The Morgan fingerprint density at radius 2 is 1.91 bits per heavy atom. The van der Waals surface area contributed by atoms with Crippen LogP contribution in [0.5, 0.6) is 5.75 Å². The molecule has 0 saturated carbocycles. The second kappa shape index (κ2) is 5.38. The molecule has 0 saturated heterocycles. The highest BCUT2D eigenvalue weighted by molar-refractivity contribution is 7.16. The minimum atomic E-state index is -0.523. The van der Waals surface area contributed by atoms with Crippen molar-refractivity contribution in [3.63, 3.8) is 0 Å². The molecule has 0 N–H and O–H groups in total. The maximum atomic E-state index is 12.4. The molecular formula is C16H12O5S. The van der Waals surface area contributed by atoms with Gasteiger partial charge < -0.3 is 9.15 Å². The number of carbonyl (C=O) groups is 2. The molecule has 2 aromatic carbocycles. The monoisotopic (exact) mass is 316 g/mol. The van der Waals surface area contributed by atoms with Gasteiger partial charge in [0.05, 0.1) is 10.3 Å². The number of carbonyl (C=O) groups excluding carboxylic acids is 2. The van der Waals surface area contributed by atoms with E-state index in [4.69, 9.17) is 9.15 Å². The molecule has 0 unspecified atom stereocenters. The smallest absolute Gasteiger partial charge is 0.396 e. The van der Waals surface area contributed by atoms with Crippen LogP contribution < -0.4 is 9.68 Å². The van der Waals surface area contributed by atoms with Gasteiger partial charge in [0.2, 0.25) is 0 Å². The fourth-order valence-corrected chi connectivity index (χ4v) is 3.26. The summed E-state index contributed by atoms with van der Waals surface area (Å²) in [4.78, 5) is 35.0. The Morgan fingerprint density at radius 1 is 1.23 bits per heavy atom. The van der Waals surface area contributed by atoms with Gasteiger partial charge in [0.25, 0.3) is 0 Å². The third-order valence-electron chi connectivity index (χ3n) is 3.29. The molecule has 1 heterocycles. The van der Waals surface area contributed by atoms with E-state index >= 15 is 0 Å². The van der Waals surface area contributed by atoms with Gasteiger partial charge in [-0.15, -0.1) is 0 Å². The second-order valence-electron chi connectivity index (χ2n) is 4.73. The first-order chi connectivity index (χ1) is 10.5. The van der Waals surface area contributed by atoms with E-state index in [1.54, 1.807) is 31.2 Å².